The van der Waals surface area contributed by atoms with E-state index in [4.69, 9.17) is 5.73 Å². The minimum Gasteiger partial charge on any atom is -0.397 e. The van der Waals surface area contributed by atoms with Gasteiger partial charge in [-0.2, -0.15) is 0 Å². The van der Waals surface area contributed by atoms with Crippen molar-refractivity contribution in [3.05, 3.63) is 24.0 Å². The molecule has 0 bridgehead atoms. The molecule has 0 spiro atoms. The Morgan fingerprint density at radius 3 is 2.87 bits per heavy atom. The number of aliphatic hydroxyl groups is 1. The summed E-state index contributed by atoms with van der Waals surface area (Å²) in [6.07, 6.45) is 1.46. The van der Waals surface area contributed by atoms with E-state index in [0.717, 1.165) is 29.7 Å². The second kappa shape index (κ2) is 2.97. The number of para-hydroxylation sites is 1. The van der Waals surface area contributed by atoms with Crippen LogP contribution in [-0.2, 0) is 0 Å². The van der Waals surface area contributed by atoms with Crippen molar-refractivity contribution < 1.29 is 5.11 Å². The van der Waals surface area contributed by atoms with Gasteiger partial charge in [0.05, 0.1) is 17.3 Å². The molecule has 2 aromatic rings. The van der Waals surface area contributed by atoms with Gasteiger partial charge in [0.2, 0.25) is 0 Å². The summed E-state index contributed by atoms with van der Waals surface area (Å²) in [7, 11) is 0. The molecule has 3 rings (SSSR count). The van der Waals surface area contributed by atoms with Crippen molar-refractivity contribution in [2.45, 2.75) is 24.9 Å². The number of nitrogen functional groups attached to an aromatic ring is 1. The van der Waals surface area contributed by atoms with Gasteiger partial charge in [-0.05, 0) is 25.0 Å². The third-order valence-electron chi connectivity index (χ3n) is 3.06. The molecule has 78 valence electrons. The summed E-state index contributed by atoms with van der Waals surface area (Å²) in [5.74, 6) is 1.32. The molecule has 1 aliphatic rings. The SMILES string of the molecule is Nc1cccc2[nH]c(C3CC(O)C3)nc12. The molecule has 0 atom stereocenters. The normalized spacial score (nSPS) is 25.4. The lowest BCUT2D eigenvalue weighted by atomic mass is 9.82. The van der Waals surface area contributed by atoms with Crippen LogP contribution in [0.1, 0.15) is 24.6 Å². The molecule has 4 N–H and O–H groups in total. The fourth-order valence-electron chi connectivity index (χ4n) is 2.08. The fraction of sp³-hybridized carbons (Fsp3) is 0.364. The smallest absolute Gasteiger partial charge is 0.111 e. The molecular formula is C11H13N3O. The second-order valence-corrected chi connectivity index (χ2v) is 4.19. The highest BCUT2D eigenvalue weighted by Crippen LogP contribution is 2.36. The van der Waals surface area contributed by atoms with E-state index in [1.807, 2.05) is 18.2 Å². The van der Waals surface area contributed by atoms with Gasteiger partial charge < -0.3 is 15.8 Å². The van der Waals surface area contributed by atoms with Gasteiger partial charge in [0, 0.05) is 5.92 Å². The van der Waals surface area contributed by atoms with Crippen LogP contribution in [-0.4, -0.2) is 21.2 Å². The van der Waals surface area contributed by atoms with E-state index in [1.54, 1.807) is 0 Å². The van der Waals surface area contributed by atoms with Gasteiger partial charge in [-0.1, -0.05) is 6.07 Å². The molecule has 1 heterocycles. The molecule has 0 saturated heterocycles. The Hall–Kier alpha value is -1.55. The quantitative estimate of drug-likeness (QED) is 0.613. The molecule has 15 heavy (non-hydrogen) atoms. The maximum Gasteiger partial charge on any atom is 0.111 e. The molecule has 1 saturated carbocycles. The number of nitrogens with zero attached hydrogens (tertiary/aromatic N) is 1. The zero-order chi connectivity index (χ0) is 10.4. The van der Waals surface area contributed by atoms with Crippen molar-refractivity contribution in [3.63, 3.8) is 0 Å². The zero-order valence-corrected chi connectivity index (χ0v) is 8.27. The van der Waals surface area contributed by atoms with Crippen LogP contribution in [0.15, 0.2) is 18.2 Å². The Kier molecular flexibility index (Phi) is 1.73. The maximum atomic E-state index is 9.24. The highest BCUT2D eigenvalue weighted by molar-refractivity contribution is 5.86. The van der Waals surface area contributed by atoms with Crippen LogP contribution in [0.4, 0.5) is 5.69 Å². The van der Waals surface area contributed by atoms with E-state index in [1.165, 1.54) is 0 Å². The molecule has 0 radical (unpaired) electrons. The van der Waals surface area contributed by atoms with E-state index in [0.29, 0.717) is 11.6 Å². The molecule has 1 aromatic heterocycles. The van der Waals surface area contributed by atoms with Crippen LogP contribution in [0, 0.1) is 0 Å². The van der Waals surface area contributed by atoms with E-state index >= 15 is 0 Å². The number of benzene rings is 1. The summed E-state index contributed by atoms with van der Waals surface area (Å²) in [5.41, 5.74) is 8.35. The van der Waals surface area contributed by atoms with Crippen LogP contribution in [0.2, 0.25) is 0 Å². The summed E-state index contributed by atoms with van der Waals surface area (Å²) in [6.45, 7) is 0. The molecule has 4 nitrogen and oxygen atoms in total. The van der Waals surface area contributed by atoms with Crippen LogP contribution in [0.5, 0.6) is 0 Å². The molecule has 1 aromatic carbocycles. The Bertz CT molecular complexity index is 500. The first-order valence-corrected chi connectivity index (χ1v) is 5.16. The van der Waals surface area contributed by atoms with Crippen LogP contribution >= 0.6 is 0 Å². The minimum absolute atomic E-state index is 0.152. The zero-order valence-electron chi connectivity index (χ0n) is 8.27. The van der Waals surface area contributed by atoms with Gasteiger partial charge in [-0.25, -0.2) is 4.98 Å². The summed E-state index contributed by atoms with van der Waals surface area (Å²) in [4.78, 5) is 7.73. The largest absolute Gasteiger partial charge is 0.397 e. The lowest BCUT2D eigenvalue weighted by Crippen LogP contribution is -2.27. The summed E-state index contributed by atoms with van der Waals surface area (Å²) < 4.78 is 0. The van der Waals surface area contributed by atoms with Gasteiger partial charge in [-0.3, -0.25) is 0 Å². The van der Waals surface area contributed by atoms with Crippen molar-refractivity contribution >= 4 is 16.7 Å². The number of rotatable bonds is 1. The number of nitrogens with one attached hydrogen (secondary N) is 1. The first-order chi connectivity index (χ1) is 7.24. The molecule has 1 fully saturated rings. The van der Waals surface area contributed by atoms with Crippen molar-refractivity contribution in [3.8, 4) is 0 Å². The maximum absolute atomic E-state index is 9.24. The molecule has 1 aliphatic carbocycles. The number of imidazole rings is 1. The molecular weight excluding hydrogens is 190 g/mol. The van der Waals surface area contributed by atoms with Crippen molar-refractivity contribution in [2.75, 3.05) is 5.73 Å². The fourth-order valence-corrected chi connectivity index (χ4v) is 2.08. The number of fused-ring (bicyclic) bond motifs is 1. The third kappa shape index (κ3) is 1.29. The molecule has 0 aliphatic heterocycles. The van der Waals surface area contributed by atoms with Crippen LogP contribution in [0.25, 0.3) is 11.0 Å². The van der Waals surface area contributed by atoms with E-state index < -0.39 is 0 Å². The predicted molar refractivity (Wildman–Crippen MR) is 58.5 cm³/mol. The monoisotopic (exact) mass is 203 g/mol. The topological polar surface area (TPSA) is 74.9 Å². The van der Waals surface area contributed by atoms with Crippen LogP contribution < -0.4 is 5.73 Å². The summed E-state index contributed by atoms with van der Waals surface area (Å²) >= 11 is 0. The van der Waals surface area contributed by atoms with Gasteiger partial charge >= 0.3 is 0 Å². The molecule has 0 unspecified atom stereocenters. The Balaban J connectivity index is 2.03. The Labute approximate surface area is 87.1 Å². The highest BCUT2D eigenvalue weighted by atomic mass is 16.3. The van der Waals surface area contributed by atoms with Gasteiger partial charge in [0.25, 0.3) is 0 Å². The minimum atomic E-state index is -0.152. The van der Waals surface area contributed by atoms with E-state index in [-0.39, 0.29) is 6.10 Å². The average molecular weight is 203 g/mol. The predicted octanol–water partition coefficient (Wildman–Crippen LogP) is 1.38. The van der Waals surface area contributed by atoms with Gasteiger partial charge in [-0.15, -0.1) is 0 Å². The second-order valence-electron chi connectivity index (χ2n) is 4.19. The van der Waals surface area contributed by atoms with Crippen molar-refractivity contribution in [1.29, 1.82) is 0 Å². The number of nitrogens with two attached hydrogens (primary N) is 1. The number of anilines is 1. The standard InChI is InChI=1S/C11H13N3O/c12-8-2-1-3-9-10(8)14-11(13-9)6-4-7(15)5-6/h1-3,6-7,15H,4-5,12H2,(H,13,14). The number of aliphatic hydroxyl groups excluding tert-OH is 1. The molecule has 4 heteroatoms. The van der Waals surface area contributed by atoms with Crippen molar-refractivity contribution in [1.82, 2.24) is 9.97 Å². The number of aromatic nitrogens is 2. The van der Waals surface area contributed by atoms with Crippen LogP contribution in [0.3, 0.4) is 0 Å². The van der Waals surface area contributed by atoms with Gasteiger partial charge in [0.1, 0.15) is 11.3 Å². The number of hydrogen-bond acceptors (Lipinski definition) is 3. The Morgan fingerprint density at radius 1 is 1.40 bits per heavy atom. The first kappa shape index (κ1) is 8.73. The first-order valence-electron chi connectivity index (χ1n) is 5.16. The lowest BCUT2D eigenvalue weighted by Gasteiger charge is -2.29. The molecule has 0 amide bonds. The van der Waals surface area contributed by atoms with Gasteiger partial charge in [0.15, 0.2) is 0 Å². The average Bonchev–Trinajstić information content (AvgIpc) is 2.58. The number of hydrogen-bond donors (Lipinski definition) is 3. The lowest BCUT2D eigenvalue weighted by molar-refractivity contribution is 0.0720. The summed E-state index contributed by atoms with van der Waals surface area (Å²) in [6, 6.07) is 5.73. The highest BCUT2D eigenvalue weighted by Gasteiger charge is 2.30. The number of aromatic amines is 1. The number of H-pyrrole nitrogens is 1. The summed E-state index contributed by atoms with van der Waals surface area (Å²) in [5, 5.41) is 9.24. The Morgan fingerprint density at radius 2 is 2.20 bits per heavy atom. The third-order valence-corrected chi connectivity index (χ3v) is 3.06. The van der Waals surface area contributed by atoms with E-state index in [2.05, 4.69) is 9.97 Å². The van der Waals surface area contributed by atoms with E-state index in [9.17, 15) is 5.11 Å². The van der Waals surface area contributed by atoms with Crippen molar-refractivity contribution in [2.24, 2.45) is 0 Å².